The molecule has 1 aliphatic heterocycles. The second kappa shape index (κ2) is 5.39. The zero-order chi connectivity index (χ0) is 12.1. The summed E-state index contributed by atoms with van der Waals surface area (Å²) in [5, 5.41) is 6.02. The Hall–Kier alpha value is -1.72. The molecule has 0 amide bonds. The van der Waals surface area contributed by atoms with Gasteiger partial charge in [0.1, 0.15) is 5.69 Å². The molecule has 90 valence electrons. The van der Waals surface area contributed by atoms with E-state index < -0.39 is 0 Å². The Morgan fingerprint density at radius 3 is 2.44 bits per heavy atom. The van der Waals surface area contributed by atoms with E-state index in [0.29, 0.717) is 18.4 Å². The molecule has 0 unspecified atom stereocenters. The van der Waals surface area contributed by atoms with Crippen molar-refractivity contribution in [2.75, 3.05) is 30.1 Å². The van der Waals surface area contributed by atoms with Crippen molar-refractivity contribution in [3.05, 3.63) is 0 Å². The summed E-state index contributed by atoms with van der Waals surface area (Å²) in [6, 6.07) is 0. The van der Waals surface area contributed by atoms with Crippen molar-refractivity contribution in [3.63, 3.8) is 0 Å². The molecule has 2 heterocycles. The van der Waals surface area contributed by atoms with Crippen LogP contribution in [0.4, 0.5) is 17.5 Å². The minimum absolute atomic E-state index is 0.210. The highest BCUT2D eigenvalue weighted by Crippen LogP contribution is 2.32. The second-order valence-corrected chi connectivity index (χ2v) is 4.08. The lowest BCUT2D eigenvalue weighted by Crippen LogP contribution is -2.00. The normalized spacial score (nSPS) is 12.1. The summed E-state index contributed by atoms with van der Waals surface area (Å²) in [5.74, 6) is 2.21. The lowest BCUT2D eigenvalue weighted by Gasteiger charge is -2.04. The summed E-state index contributed by atoms with van der Waals surface area (Å²) >= 11 is 0. The van der Waals surface area contributed by atoms with Gasteiger partial charge < -0.3 is 21.1 Å². The van der Waals surface area contributed by atoms with Gasteiger partial charge in [-0.2, -0.15) is 9.97 Å². The third kappa shape index (κ3) is 3.15. The molecule has 2 rings (SSSR count). The van der Waals surface area contributed by atoms with Crippen LogP contribution < -0.4 is 21.1 Å². The number of hydrogen-bond acceptors (Lipinski definition) is 6. The molecule has 16 heavy (non-hydrogen) atoms. The Morgan fingerprint density at radius 2 is 1.88 bits per heavy atom. The van der Waals surface area contributed by atoms with Gasteiger partial charge in [-0.05, 0) is 5.92 Å². The molecule has 0 bridgehead atoms. The van der Waals surface area contributed by atoms with Gasteiger partial charge in [0, 0.05) is 0 Å². The molecule has 0 aliphatic carbocycles. The number of nitrogens with zero attached hydrogens (tertiary/aromatic N) is 2. The van der Waals surface area contributed by atoms with E-state index in [-0.39, 0.29) is 5.95 Å². The first-order chi connectivity index (χ1) is 7.54. The number of fused-ring (bicyclic) bond motifs is 1. The van der Waals surface area contributed by atoms with Gasteiger partial charge in [0.15, 0.2) is 5.82 Å². The standard InChI is InChI=1S/C6H9N5O.C4H10/c1-12-5-3-4(9-2-8-3)10-6(7)11-5;1-4(2)3/h8H,2H2,1H3,(H3,7,9,10,11);4H,1-3H3. The number of aromatic nitrogens is 2. The molecule has 0 radical (unpaired) electrons. The molecule has 0 spiro atoms. The molecule has 1 aromatic rings. The molecule has 0 saturated carbocycles. The predicted molar refractivity (Wildman–Crippen MR) is 65.6 cm³/mol. The Balaban J connectivity index is 0.000000280. The Labute approximate surface area is 95.6 Å². The van der Waals surface area contributed by atoms with Crippen LogP contribution in [0.5, 0.6) is 5.88 Å². The molecule has 0 saturated heterocycles. The first-order valence-electron chi connectivity index (χ1n) is 5.23. The molecule has 0 atom stereocenters. The van der Waals surface area contributed by atoms with Crippen molar-refractivity contribution in [3.8, 4) is 5.88 Å². The van der Waals surface area contributed by atoms with Crippen molar-refractivity contribution in [2.24, 2.45) is 5.92 Å². The monoisotopic (exact) mass is 225 g/mol. The third-order valence-corrected chi connectivity index (χ3v) is 1.61. The van der Waals surface area contributed by atoms with Crippen LogP contribution in [0, 0.1) is 5.92 Å². The molecule has 1 aromatic heterocycles. The first kappa shape index (κ1) is 12.4. The van der Waals surface area contributed by atoms with Crippen molar-refractivity contribution in [1.29, 1.82) is 0 Å². The SMILES string of the molecule is CC(C)C.COc1nc(N)nc2c1NCN2. The number of methoxy groups -OCH3 is 1. The molecule has 6 nitrogen and oxygen atoms in total. The van der Waals surface area contributed by atoms with Gasteiger partial charge in [0.05, 0.1) is 13.8 Å². The maximum absolute atomic E-state index is 5.44. The molecule has 0 aromatic carbocycles. The average Bonchev–Trinajstić information content (AvgIpc) is 2.63. The maximum Gasteiger partial charge on any atom is 0.244 e. The van der Waals surface area contributed by atoms with E-state index in [1.54, 1.807) is 7.11 Å². The number of anilines is 3. The largest absolute Gasteiger partial charge is 0.479 e. The lowest BCUT2D eigenvalue weighted by molar-refractivity contribution is 0.400. The highest BCUT2D eigenvalue weighted by Gasteiger charge is 2.17. The summed E-state index contributed by atoms with van der Waals surface area (Å²) in [4.78, 5) is 7.88. The second-order valence-electron chi connectivity index (χ2n) is 4.08. The topological polar surface area (TPSA) is 85.1 Å². The van der Waals surface area contributed by atoms with Crippen LogP contribution in [0.3, 0.4) is 0 Å². The molecular weight excluding hydrogens is 206 g/mol. The highest BCUT2D eigenvalue weighted by molar-refractivity contribution is 5.75. The number of nitrogen functional groups attached to an aromatic ring is 1. The maximum atomic E-state index is 5.44. The van der Waals surface area contributed by atoms with Gasteiger partial charge in [-0.1, -0.05) is 20.8 Å². The van der Waals surface area contributed by atoms with E-state index >= 15 is 0 Å². The van der Waals surface area contributed by atoms with Gasteiger partial charge in [0.2, 0.25) is 11.8 Å². The van der Waals surface area contributed by atoms with Gasteiger partial charge in [-0.3, -0.25) is 0 Å². The number of hydrogen-bond donors (Lipinski definition) is 3. The van der Waals surface area contributed by atoms with Gasteiger partial charge in [0.25, 0.3) is 0 Å². The zero-order valence-electron chi connectivity index (χ0n) is 10.2. The van der Waals surface area contributed by atoms with Crippen LogP contribution in [0.2, 0.25) is 0 Å². The van der Waals surface area contributed by atoms with Gasteiger partial charge in [-0.15, -0.1) is 0 Å². The van der Waals surface area contributed by atoms with E-state index in [1.165, 1.54) is 0 Å². The van der Waals surface area contributed by atoms with Crippen LogP contribution in [0.25, 0.3) is 0 Å². The molecule has 6 heteroatoms. The lowest BCUT2D eigenvalue weighted by atomic mass is 10.3. The van der Waals surface area contributed by atoms with E-state index in [0.717, 1.165) is 11.6 Å². The third-order valence-electron chi connectivity index (χ3n) is 1.61. The van der Waals surface area contributed by atoms with E-state index in [9.17, 15) is 0 Å². The average molecular weight is 225 g/mol. The number of nitrogens with one attached hydrogen (secondary N) is 2. The number of nitrogens with two attached hydrogens (primary N) is 1. The fourth-order valence-electron chi connectivity index (χ4n) is 1.11. The van der Waals surface area contributed by atoms with Crippen LogP contribution in [-0.4, -0.2) is 23.7 Å². The minimum Gasteiger partial charge on any atom is -0.479 e. The Bertz CT molecular complexity index is 351. The number of rotatable bonds is 1. The van der Waals surface area contributed by atoms with Crippen molar-refractivity contribution >= 4 is 17.5 Å². The van der Waals surface area contributed by atoms with Crippen LogP contribution in [0.15, 0.2) is 0 Å². The van der Waals surface area contributed by atoms with Gasteiger partial charge >= 0.3 is 0 Å². The predicted octanol–water partition coefficient (Wildman–Crippen LogP) is 1.52. The summed E-state index contributed by atoms with van der Waals surface area (Å²) in [6.07, 6.45) is 0. The molecule has 1 aliphatic rings. The first-order valence-corrected chi connectivity index (χ1v) is 5.23. The van der Waals surface area contributed by atoms with E-state index in [1.807, 2.05) is 0 Å². The number of ether oxygens (including phenoxy) is 1. The molecular formula is C10H19N5O. The quantitative estimate of drug-likeness (QED) is 0.672. The molecule has 4 N–H and O–H groups in total. The summed E-state index contributed by atoms with van der Waals surface area (Å²) in [6.45, 7) is 7.13. The van der Waals surface area contributed by atoms with Gasteiger partial charge in [-0.25, -0.2) is 0 Å². The minimum atomic E-state index is 0.210. The van der Waals surface area contributed by atoms with Crippen molar-refractivity contribution in [2.45, 2.75) is 20.8 Å². The van der Waals surface area contributed by atoms with Crippen LogP contribution >= 0.6 is 0 Å². The fraction of sp³-hybridized carbons (Fsp3) is 0.600. The summed E-state index contributed by atoms with van der Waals surface area (Å²) in [5.41, 5.74) is 6.21. The molecule has 0 fully saturated rings. The zero-order valence-corrected chi connectivity index (χ0v) is 10.2. The van der Waals surface area contributed by atoms with E-state index in [2.05, 4.69) is 41.4 Å². The van der Waals surface area contributed by atoms with Crippen LogP contribution in [0.1, 0.15) is 20.8 Å². The van der Waals surface area contributed by atoms with Crippen LogP contribution in [-0.2, 0) is 0 Å². The Kier molecular flexibility index (Phi) is 4.16. The fourth-order valence-corrected chi connectivity index (χ4v) is 1.11. The van der Waals surface area contributed by atoms with Crippen molar-refractivity contribution < 1.29 is 4.74 Å². The highest BCUT2D eigenvalue weighted by atomic mass is 16.5. The van der Waals surface area contributed by atoms with Crippen molar-refractivity contribution in [1.82, 2.24) is 9.97 Å². The summed E-state index contributed by atoms with van der Waals surface area (Å²) < 4.78 is 5.00. The van der Waals surface area contributed by atoms with E-state index in [4.69, 9.17) is 10.5 Å². The smallest absolute Gasteiger partial charge is 0.244 e. The summed E-state index contributed by atoms with van der Waals surface area (Å²) in [7, 11) is 1.54. The Morgan fingerprint density at radius 1 is 1.25 bits per heavy atom.